The first-order chi connectivity index (χ1) is 9.31. The lowest BCUT2D eigenvalue weighted by Gasteiger charge is -2.09. The van der Waals surface area contributed by atoms with Crippen LogP contribution in [0, 0.1) is 0 Å². The number of aromatic nitrogens is 2. The standard InChI is InChI=1S/C13H16N4O2/c1-18-9-12-15-11(17-14)7-13(16-12)19-8-10-5-3-2-4-6-10/h2-7H,8-9,14H2,1H3,(H,15,16,17). The molecule has 1 heterocycles. The van der Waals surface area contributed by atoms with Gasteiger partial charge in [0.1, 0.15) is 19.0 Å². The van der Waals surface area contributed by atoms with E-state index in [1.54, 1.807) is 13.2 Å². The second-order valence-electron chi connectivity index (χ2n) is 3.86. The summed E-state index contributed by atoms with van der Waals surface area (Å²) in [6.45, 7) is 0.742. The summed E-state index contributed by atoms with van der Waals surface area (Å²) in [5, 5.41) is 0. The third-order valence-corrected chi connectivity index (χ3v) is 2.40. The van der Waals surface area contributed by atoms with E-state index in [-0.39, 0.29) is 0 Å². The van der Waals surface area contributed by atoms with E-state index in [1.807, 2.05) is 30.3 Å². The van der Waals surface area contributed by atoms with Crippen molar-refractivity contribution < 1.29 is 9.47 Å². The summed E-state index contributed by atoms with van der Waals surface area (Å²) >= 11 is 0. The molecule has 100 valence electrons. The third-order valence-electron chi connectivity index (χ3n) is 2.40. The highest BCUT2D eigenvalue weighted by Crippen LogP contribution is 2.15. The molecule has 1 aromatic carbocycles. The maximum absolute atomic E-state index is 5.62. The van der Waals surface area contributed by atoms with Crippen LogP contribution in [-0.4, -0.2) is 17.1 Å². The first-order valence-corrected chi connectivity index (χ1v) is 5.82. The van der Waals surface area contributed by atoms with Gasteiger partial charge in [-0.3, -0.25) is 0 Å². The lowest BCUT2D eigenvalue weighted by atomic mass is 10.2. The Morgan fingerprint density at radius 3 is 2.63 bits per heavy atom. The zero-order valence-electron chi connectivity index (χ0n) is 10.7. The fraction of sp³-hybridized carbons (Fsp3) is 0.231. The highest BCUT2D eigenvalue weighted by atomic mass is 16.5. The minimum absolute atomic E-state index is 0.303. The molecule has 0 fully saturated rings. The van der Waals surface area contributed by atoms with Crippen LogP contribution in [0.5, 0.6) is 5.88 Å². The molecule has 2 aromatic rings. The van der Waals surface area contributed by atoms with E-state index in [4.69, 9.17) is 15.3 Å². The van der Waals surface area contributed by atoms with Crippen LogP contribution in [0.25, 0.3) is 0 Å². The maximum Gasteiger partial charge on any atom is 0.219 e. The Labute approximate surface area is 111 Å². The van der Waals surface area contributed by atoms with Crippen LogP contribution >= 0.6 is 0 Å². The van der Waals surface area contributed by atoms with Crippen LogP contribution in [0.2, 0.25) is 0 Å². The first-order valence-electron chi connectivity index (χ1n) is 5.82. The number of nitrogens with one attached hydrogen (secondary N) is 1. The molecule has 0 atom stereocenters. The molecule has 0 spiro atoms. The monoisotopic (exact) mass is 260 g/mol. The van der Waals surface area contributed by atoms with Gasteiger partial charge in [-0.2, -0.15) is 4.98 Å². The molecule has 0 aliphatic rings. The summed E-state index contributed by atoms with van der Waals surface area (Å²) < 4.78 is 10.6. The summed E-state index contributed by atoms with van der Waals surface area (Å²) in [4.78, 5) is 8.38. The van der Waals surface area contributed by atoms with E-state index in [1.165, 1.54) is 0 Å². The smallest absolute Gasteiger partial charge is 0.219 e. The summed E-state index contributed by atoms with van der Waals surface area (Å²) in [5.41, 5.74) is 3.54. The van der Waals surface area contributed by atoms with Gasteiger partial charge in [0.25, 0.3) is 0 Å². The predicted molar refractivity (Wildman–Crippen MR) is 71.3 cm³/mol. The summed E-state index contributed by atoms with van der Waals surface area (Å²) in [7, 11) is 1.58. The van der Waals surface area contributed by atoms with Gasteiger partial charge in [0, 0.05) is 13.2 Å². The van der Waals surface area contributed by atoms with E-state index < -0.39 is 0 Å². The van der Waals surface area contributed by atoms with Gasteiger partial charge >= 0.3 is 0 Å². The zero-order chi connectivity index (χ0) is 13.5. The van der Waals surface area contributed by atoms with Gasteiger partial charge in [-0.05, 0) is 5.56 Å². The number of hydrogen-bond donors (Lipinski definition) is 2. The number of nitrogens with two attached hydrogens (primary N) is 1. The number of nitrogens with zero attached hydrogens (tertiary/aromatic N) is 2. The van der Waals surface area contributed by atoms with E-state index in [9.17, 15) is 0 Å². The summed E-state index contributed by atoms with van der Waals surface area (Å²) in [5.74, 6) is 6.82. The van der Waals surface area contributed by atoms with Gasteiger partial charge in [0.05, 0.1) is 0 Å². The molecule has 0 saturated heterocycles. The summed E-state index contributed by atoms with van der Waals surface area (Å²) in [6, 6.07) is 11.5. The molecular formula is C13H16N4O2. The van der Waals surface area contributed by atoms with Crippen molar-refractivity contribution in [3.05, 3.63) is 47.8 Å². The molecule has 0 aliphatic heterocycles. The molecule has 0 saturated carbocycles. The van der Waals surface area contributed by atoms with E-state index in [2.05, 4.69) is 15.4 Å². The average Bonchev–Trinajstić information content (AvgIpc) is 2.46. The molecule has 3 N–H and O–H groups in total. The molecule has 1 aromatic heterocycles. The quantitative estimate of drug-likeness (QED) is 0.605. The van der Waals surface area contributed by atoms with Crippen molar-refractivity contribution in [3.8, 4) is 5.88 Å². The van der Waals surface area contributed by atoms with Crippen molar-refractivity contribution in [1.82, 2.24) is 9.97 Å². The number of hydrogen-bond acceptors (Lipinski definition) is 6. The largest absolute Gasteiger partial charge is 0.473 e. The van der Waals surface area contributed by atoms with Gasteiger partial charge in [-0.1, -0.05) is 30.3 Å². The van der Waals surface area contributed by atoms with Crippen molar-refractivity contribution in [2.24, 2.45) is 5.84 Å². The van der Waals surface area contributed by atoms with Crippen molar-refractivity contribution in [2.45, 2.75) is 13.2 Å². The Balaban J connectivity index is 2.08. The third kappa shape index (κ3) is 3.90. The van der Waals surface area contributed by atoms with Crippen molar-refractivity contribution in [1.29, 1.82) is 0 Å². The van der Waals surface area contributed by atoms with Crippen LogP contribution in [0.1, 0.15) is 11.4 Å². The molecule has 0 bridgehead atoms. The number of rotatable bonds is 6. The second-order valence-corrected chi connectivity index (χ2v) is 3.86. The van der Waals surface area contributed by atoms with Crippen LogP contribution in [0.15, 0.2) is 36.4 Å². The highest BCUT2D eigenvalue weighted by molar-refractivity contribution is 5.37. The Morgan fingerprint density at radius 2 is 1.95 bits per heavy atom. The SMILES string of the molecule is COCc1nc(NN)cc(OCc2ccccc2)n1. The topological polar surface area (TPSA) is 82.3 Å². The molecule has 0 amide bonds. The molecular weight excluding hydrogens is 244 g/mol. The lowest BCUT2D eigenvalue weighted by Crippen LogP contribution is -2.11. The van der Waals surface area contributed by atoms with E-state index in [0.29, 0.717) is 30.7 Å². The van der Waals surface area contributed by atoms with Gasteiger partial charge < -0.3 is 14.9 Å². The maximum atomic E-state index is 5.62. The van der Waals surface area contributed by atoms with Crippen LogP contribution < -0.4 is 16.0 Å². The van der Waals surface area contributed by atoms with Gasteiger partial charge in [0.2, 0.25) is 5.88 Å². The van der Waals surface area contributed by atoms with E-state index in [0.717, 1.165) is 5.56 Å². The number of anilines is 1. The summed E-state index contributed by atoms with van der Waals surface area (Å²) in [6.07, 6.45) is 0. The van der Waals surface area contributed by atoms with E-state index >= 15 is 0 Å². The molecule has 2 rings (SSSR count). The molecule has 6 heteroatoms. The normalized spacial score (nSPS) is 10.2. The van der Waals surface area contributed by atoms with Crippen molar-refractivity contribution in [3.63, 3.8) is 0 Å². The number of benzene rings is 1. The fourth-order valence-corrected chi connectivity index (χ4v) is 1.55. The lowest BCUT2D eigenvalue weighted by molar-refractivity contribution is 0.176. The second kappa shape index (κ2) is 6.67. The minimum atomic E-state index is 0.303. The Morgan fingerprint density at radius 1 is 1.16 bits per heavy atom. The average molecular weight is 260 g/mol. The molecule has 6 nitrogen and oxygen atoms in total. The van der Waals surface area contributed by atoms with Crippen molar-refractivity contribution in [2.75, 3.05) is 12.5 Å². The number of hydrazine groups is 1. The number of methoxy groups -OCH3 is 1. The molecule has 0 radical (unpaired) electrons. The molecule has 0 unspecified atom stereocenters. The van der Waals surface area contributed by atoms with Crippen LogP contribution in [0.4, 0.5) is 5.82 Å². The Bertz CT molecular complexity index is 519. The number of nitrogen functional groups attached to an aromatic ring is 1. The number of ether oxygens (including phenoxy) is 2. The van der Waals surface area contributed by atoms with Gasteiger partial charge in [-0.25, -0.2) is 10.8 Å². The first kappa shape index (κ1) is 13.3. The molecule has 0 aliphatic carbocycles. The highest BCUT2D eigenvalue weighted by Gasteiger charge is 2.05. The van der Waals surface area contributed by atoms with Gasteiger partial charge in [-0.15, -0.1) is 0 Å². The van der Waals surface area contributed by atoms with Crippen LogP contribution in [0.3, 0.4) is 0 Å². The fourth-order valence-electron chi connectivity index (χ4n) is 1.55. The molecule has 19 heavy (non-hydrogen) atoms. The Hall–Kier alpha value is -2.18. The van der Waals surface area contributed by atoms with Crippen LogP contribution in [-0.2, 0) is 18.0 Å². The van der Waals surface area contributed by atoms with Gasteiger partial charge in [0.15, 0.2) is 5.82 Å². The van der Waals surface area contributed by atoms with Crippen molar-refractivity contribution >= 4 is 5.82 Å². The minimum Gasteiger partial charge on any atom is -0.473 e. The Kier molecular flexibility index (Phi) is 4.66. The zero-order valence-corrected chi connectivity index (χ0v) is 10.7. The predicted octanol–water partition coefficient (Wildman–Crippen LogP) is 1.49.